The molecular weight excluding hydrogens is 252 g/mol. The summed E-state index contributed by atoms with van der Waals surface area (Å²) >= 11 is 3.30. The van der Waals surface area contributed by atoms with Crippen LogP contribution in [0.4, 0.5) is 0 Å². The number of aryl methyl sites for hydroxylation is 2. The molecule has 0 aliphatic rings. The van der Waals surface area contributed by atoms with E-state index in [1.165, 1.54) is 4.88 Å². The highest BCUT2D eigenvalue weighted by Crippen LogP contribution is 2.11. The van der Waals surface area contributed by atoms with Gasteiger partial charge in [0.15, 0.2) is 0 Å². The number of nitrogens with one attached hydrogen (secondary N) is 1. The maximum absolute atomic E-state index is 11.6. The fraction of sp³-hybridized carbons (Fsp3) is 0.333. The molecule has 0 saturated heterocycles. The average Bonchev–Trinajstić information content (AvgIpc) is 2.95. The van der Waals surface area contributed by atoms with Gasteiger partial charge in [-0.1, -0.05) is 6.07 Å². The lowest BCUT2D eigenvalue weighted by molar-refractivity contribution is -0.121. The van der Waals surface area contributed by atoms with Crippen LogP contribution in [-0.4, -0.2) is 10.9 Å². The van der Waals surface area contributed by atoms with Gasteiger partial charge < -0.3 is 5.32 Å². The second kappa shape index (κ2) is 5.93. The van der Waals surface area contributed by atoms with Crippen LogP contribution in [0, 0.1) is 6.92 Å². The lowest BCUT2D eigenvalue weighted by Gasteiger charge is -2.02. The molecule has 2 rings (SSSR count). The number of rotatable bonds is 5. The van der Waals surface area contributed by atoms with Crippen LogP contribution in [0.5, 0.6) is 0 Å². The number of thiophene rings is 1. The summed E-state index contributed by atoms with van der Waals surface area (Å²) in [6, 6.07) is 4.07. The van der Waals surface area contributed by atoms with Crippen molar-refractivity contribution in [1.29, 1.82) is 0 Å². The number of nitrogens with zero attached hydrogens (tertiary/aromatic N) is 1. The maximum atomic E-state index is 11.6. The summed E-state index contributed by atoms with van der Waals surface area (Å²) in [5.41, 5.74) is 0.942. The third kappa shape index (κ3) is 3.94. The third-order valence-electron chi connectivity index (χ3n) is 2.31. The van der Waals surface area contributed by atoms with Crippen LogP contribution in [0.3, 0.4) is 0 Å². The molecule has 17 heavy (non-hydrogen) atoms. The monoisotopic (exact) mass is 266 g/mol. The Morgan fingerprint density at radius 1 is 1.47 bits per heavy atom. The number of carbonyl (C=O) groups is 1. The van der Waals surface area contributed by atoms with Crippen LogP contribution in [0.1, 0.15) is 22.0 Å². The summed E-state index contributed by atoms with van der Waals surface area (Å²) in [6.45, 7) is 2.50. The van der Waals surface area contributed by atoms with Gasteiger partial charge in [-0.3, -0.25) is 4.79 Å². The predicted molar refractivity (Wildman–Crippen MR) is 71.3 cm³/mol. The van der Waals surface area contributed by atoms with Gasteiger partial charge in [0.2, 0.25) is 5.91 Å². The van der Waals surface area contributed by atoms with Crippen LogP contribution in [0.15, 0.2) is 22.9 Å². The van der Waals surface area contributed by atoms with E-state index in [1.54, 1.807) is 22.7 Å². The van der Waals surface area contributed by atoms with Crippen molar-refractivity contribution >= 4 is 28.6 Å². The van der Waals surface area contributed by atoms with Crippen LogP contribution in [0.2, 0.25) is 0 Å². The van der Waals surface area contributed by atoms with E-state index in [2.05, 4.69) is 16.4 Å². The van der Waals surface area contributed by atoms with Crippen molar-refractivity contribution < 1.29 is 4.79 Å². The van der Waals surface area contributed by atoms with E-state index in [0.717, 1.165) is 17.1 Å². The summed E-state index contributed by atoms with van der Waals surface area (Å²) < 4.78 is 0. The molecule has 3 nitrogen and oxygen atoms in total. The summed E-state index contributed by atoms with van der Waals surface area (Å²) in [5, 5.41) is 7.93. The van der Waals surface area contributed by atoms with Gasteiger partial charge in [-0.25, -0.2) is 4.98 Å². The van der Waals surface area contributed by atoms with Crippen molar-refractivity contribution in [3.8, 4) is 0 Å². The van der Waals surface area contributed by atoms with Crippen LogP contribution < -0.4 is 5.32 Å². The molecular formula is C12H14N2OS2. The normalized spacial score (nSPS) is 10.4. The highest BCUT2D eigenvalue weighted by molar-refractivity contribution is 7.10. The summed E-state index contributed by atoms with van der Waals surface area (Å²) in [7, 11) is 0. The molecule has 0 spiro atoms. The number of thiazole rings is 1. The van der Waals surface area contributed by atoms with Gasteiger partial charge in [-0.05, 0) is 24.8 Å². The summed E-state index contributed by atoms with van der Waals surface area (Å²) in [6.07, 6.45) is 1.36. The van der Waals surface area contributed by atoms with Crippen molar-refractivity contribution in [2.45, 2.75) is 26.3 Å². The molecule has 0 unspecified atom stereocenters. The van der Waals surface area contributed by atoms with Crippen LogP contribution in [-0.2, 0) is 17.8 Å². The van der Waals surface area contributed by atoms with Gasteiger partial charge in [0, 0.05) is 16.7 Å². The molecule has 0 aliphatic carbocycles. The van der Waals surface area contributed by atoms with Crippen molar-refractivity contribution in [3.05, 3.63) is 38.5 Å². The van der Waals surface area contributed by atoms with E-state index in [-0.39, 0.29) is 5.91 Å². The first-order chi connectivity index (χ1) is 8.24. The van der Waals surface area contributed by atoms with Crippen molar-refractivity contribution in [1.82, 2.24) is 10.3 Å². The largest absolute Gasteiger partial charge is 0.350 e. The van der Waals surface area contributed by atoms with Crippen LogP contribution >= 0.6 is 22.7 Å². The van der Waals surface area contributed by atoms with Crippen molar-refractivity contribution in [2.24, 2.45) is 0 Å². The molecule has 0 aliphatic heterocycles. The van der Waals surface area contributed by atoms with E-state index >= 15 is 0 Å². The number of amides is 1. The summed E-state index contributed by atoms with van der Waals surface area (Å²) in [4.78, 5) is 17.1. The zero-order chi connectivity index (χ0) is 12.1. The lowest BCUT2D eigenvalue weighted by Crippen LogP contribution is -2.23. The molecule has 1 amide bonds. The quantitative estimate of drug-likeness (QED) is 0.904. The molecule has 0 fully saturated rings. The fourth-order valence-electron chi connectivity index (χ4n) is 1.46. The molecule has 0 aromatic carbocycles. The number of hydrogen-bond acceptors (Lipinski definition) is 4. The van der Waals surface area contributed by atoms with E-state index < -0.39 is 0 Å². The summed E-state index contributed by atoms with van der Waals surface area (Å²) in [5.74, 6) is 0.0871. The minimum Gasteiger partial charge on any atom is -0.350 e. The Bertz CT molecular complexity index is 476. The first-order valence-electron chi connectivity index (χ1n) is 5.44. The lowest BCUT2D eigenvalue weighted by atomic mass is 10.2. The number of carbonyl (C=O) groups excluding carboxylic acids is 1. The standard InChI is InChI=1S/C12H14N2OS2/c1-9-14-10(8-17-9)7-13-12(15)5-4-11-3-2-6-16-11/h2-3,6,8H,4-5,7H2,1H3,(H,13,15). The van der Waals surface area contributed by atoms with Gasteiger partial charge in [0.25, 0.3) is 0 Å². The molecule has 0 bridgehead atoms. The Labute approximate surface area is 109 Å². The van der Waals surface area contributed by atoms with Crippen molar-refractivity contribution in [2.75, 3.05) is 0 Å². The molecule has 2 heterocycles. The van der Waals surface area contributed by atoms with Gasteiger partial charge in [-0.2, -0.15) is 0 Å². The van der Waals surface area contributed by atoms with Gasteiger partial charge >= 0.3 is 0 Å². The average molecular weight is 266 g/mol. The highest BCUT2D eigenvalue weighted by Gasteiger charge is 2.04. The Hall–Kier alpha value is -1.20. The predicted octanol–water partition coefficient (Wildman–Crippen LogP) is 2.76. The molecule has 0 saturated carbocycles. The molecule has 5 heteroatoms. The van der Waals surface area contributed by atoms with E-state index in [9.17, 15) is 4.79 Å². The highest BCUT2D eigenvalue weighted by atomic mass is 32.1. The SMILES string of the molecule is Cc1nc(CNC(=O)CCc2cccs2)cs1. The zero-order valence-corrected chi connectivity index (χ0v) is 11.2. The second-order valence-corrected chi connectivity index (χ2v) is 5.81. The Balaban J connectivity index is 1.71. The minimum atomic E-state index is 0.0871. The Morgan fingerprint density at radius 2 is 2.35 bits per heavy atom. The van der Waals surface area contributed by atoms with E-state index in [4.69, 9.17) is 0 Å². The van der Waals surface area contributed by atoms with Gasteiger partial charge in [0.1, 0.15) is 0 Å². The Kier molecular flexibility index (Phi) is 4.28. The maximum Gasteiger partial charge on any atom is 0.220 e. The van der Waals surface area contributed by atoms with Crippen LogP contribution in [0.25, 0.3) is 0 Å². The smallest absolute Gasteiger partial charge is 0.220 e. The molecule has 90 valence electrons. The second-order valence-electron chi connectivity index (χ2n) is 3.71. The van der Waals surface area contributed by atoms with Gasteiger partial charge in [-0.15, -0.1) is 22.7 Å². The minimum absolute atomic E-state index is 0.0871. The molecule has 2 aromatic heterocycles. The van der Waals surface area contributed by atoms with E-state index in [1.807, 2.05) is 23.8 Å². The molecule has 1 N–H and O–H groups in total. The first kappa shape index (κ1) is 12.3. The fourth-order valence-corrected chi connectivity index (χ4v) is 2.78. The zero-order valence-electron chi connectivity index (χ0n) is 9.60. The third-order valence-corrected chi connectivity index (χ3v) is 4.07. The van der Waals surface area contributed by atoms with E-state index in [0.29, 0.717) is 13.0 Å². The molecule has 2 aromatic rings. The number of aromatic nitrogens is 1. The topological polar surface area (TPSA) is 42.0 Å². The molecule has 0 radical (unpaired) electrons. The first-order valence-corrected chi connectivity index (χ1v) is 7.20. The Morgan fingerprint density at radius 3 is 3.00 bits per heavy atom. The number of hydrogen-bond donors (Lipinski definition) is 1. The van der Waals surface area contributed by atoms with Gasteiger partial charge in [0.05, 0.1) is 17.2 Å². The molecule has 0 atom stereocenters. The van der Waals surface area contributed by atoms with Crippen molar-refractivity contribution in [3.63, 3.8) is 0 Å².